The zero-order valence-electron chi connectivity index (χ0n) is 22.1. The van der Waals surface area contributed by atoms with Crippen molar-refractivity contribution < 1.29 is 27.4 Å². The molecule has 4 aromatic rings. The summed E-state index contributed by atoms with van der Waals surface area (Å²) in [6.07, 6.45) is -1.78. The Labute approximate surface area is 243 Å². The van der Waals surface area contributed by atoms with Crippen LogP contribution >= 0.6 is 23.2 Å². The molecule has 0 unspecified atom stereocenters. The first kappa shape index (κ1) is 29.9. The van der Waals surface area contributed by atoms with Crippen molar-refractivity contribution in [1.29, 1.82) is 0 Å². The highest BCUT2D eigenvalue weighted by Crippen LogP contribution is 2.46. The lowest BCUT2D eigenvalue weighted by atomic mass is 10.0. The van der Waals surface area contributed by atoms with Gasteiger partial charge in [-0.15, -0.1) is 0 Å². The Morgan fingerprint density at radius 3 is 2.39 bits per heavy atom. The highest BCUT2D eigenvalue weighted by atomic mass is 35.5. The highest BCUT2D eigenvalue weighted by molar-refractivity contribution is 6.41. The Bertz CT molecular complexity index is 1620. The van der Waals surface area contributed by atoms with E-state index in [9.17, 15) is 18.0 Å². The molecule has 0 saturated carbocycles. The third-order valence-electron chi connectivity index (χ3n) is 6.04. The number of nitrogens with one attached hydrogen (secondary N) is 2. The number of para-hydroxylation sites is 1. The van der Waals surface area contributed by atoms with Crippen molar-refractivity contribution in [1.82, 2.24) is 15.0 Å². The highest BCUT2D eigenvalue weighted by Gasteiger charge is 2.28. The van der Waals surface area contributed by atoms with Crippen LogP contribution in [0.25, 0.3) is 22.2 Å². The number of anilines is 3. The minimum atomic E-state index is -4.54. The van der Waals surface area contributed by atoms with Crippen molar-refractivity contribution in [2.45, 2.75) is 19.5 Å². The van der Waals surface area contributed by atoms with Crippen LogP contribution < -0.4 is 20.1 Å². The number of hydrogen-bond donors (Lipinski definition) is 2. The van der Waals surface area contributed by atoms with E-state index >= 15 is 0 Å². The smallest absolute Gasteiger partial charge is 0.405 e. The molecule has 2 N–H and O–H groups in total. The fourth-order valence-corrected chi connectivity index (χ4v) is 4.77. The molecule has 0 bridgehead atoms. The van der Waals surface area contributed by atoms with E-state index in [0.717, 1.165) is 5.56 Å². The summed E-state index contributed by atoms with van der Waals surface area (Å²) in [4.78, 5) is 25.3. The minimum absolute atomic E-state index is 0.0859. The molecule has 4 rings (SSSR count). The summed E-state index contributed by atoms with van der Waals surface area (Å²) in [6, 6.07) is 8.46. The van der Waals surface area contributed by atoms with Crippen LogP contribution in [0.15, 0.2) is 49.2 Å². The average molecular weight is 606 g/mol. The second-order valence-corrected chi connectivity index (χ2v) is 9.58. The Morgan fingerprint density at radius 1 is 1.10 bits per heavy atom. The van der Waals surface area contributed by atoms with Crippen LogP contribution in [0.4, 0.5) is 30.6 Å². The van der Waals surface area contributed by atoms with Crippen molar-refractivity contribution in [2.24, 2.45) is 0 Å². The number of rotatable bonds is 10. The minimum Gasteiger partial charge on any atom is -0.495 e. The van der Waals surface area contributed by atoms with Crippen LogP contribution in [0.3, 0.4) is 0 Å². The van der Waals surface area contributed by atoms with Crippen LogP contribution in [-0.4, -0.2) is 47.7 Å². The molecular formula is C28H24Cl2F3N5O3. The zero-order chi connectivity index (χ0) is 29.9. The van der Waals surface area contributed by atoms with Crippen molar-refractivity contribution in [3.05, 3.63) is 70.4 Å². The maximum Gasteiger partial charge on any atom is 0.405 e. The fourth-order valence-electron chi connectivity index (χ4n) is 4.07. The number of methoxy groups -OCH3 is 2. The van der Waals surface area contributed by atoms with Gasteiger partial charge in [0.2, 0.25) is 5.95 Å². The number of allylic oxidation sites excluding steroid dienone is 1. The molecule has 0 radical (unpaired) electrons. The number of carbonyl (C=O) groups is 1. The third-order valence-corrected chi connectivity index (χ3v) is 6.79. The van der Waals surface area contributed by atoms with Gasteiger partial charge >= 0.3 is 6.18 Å². The van der Waals surface area contributed by atoms with Crippen molar-refractivity contribution >= 4 is 57.3 Å². The molecule has 0 amide bonds. The molecule has 13 heteroatoms. The van der Waals surface area contributed by atoms with E-state index in [-0.39, 0.29) is 62.3 Å². The number of pyridine rings is 1. The third kappa shape index (κ3) is 6.63. The Morgan fingerprint density at radius 2 is 1.78 bits per heavy atom. The van der Waals surface area contributed by atoms with Gasteiger partial charge < -0.3 is 20.1 Å². The predicted molar refractivity (Wildman–Crippen MR) is 154 cm³/mol. The van der Waals surface area contributed by atoms with Crippen LogP contribution in [0.2, 0.25) is 10.0 Å². The molecule has 0 aliphatic carbocycles. The monoisotopic (exact) mass is 605 g/mol. The quantitative estimate of drug-likeness (QED) is 0.181. The molecule has 0 saturated heterocycles. The molecule has 2 heterocycles. The lowest BCUT2D eigenvalue weighted by molar-refractivity contribution is -0.115. The predicted octanol–water partition coefficient (Wildman–Crippen LogP) is 7.34. The summed E-state index contributed by atoms with van der Waals surface area (Å²) in [5.74, 6) is 0.188. The van der Waals surface area contributed by atoms with E-state index in [1.54, 1.807) is 12.1 Å². The standard InChI is InChI=1S/C28H24Cl2F3N5O3/c1-5-17(39)9-15-8-6-7-14(2)24(15)37-27-34-12-16-10-18(36-26(25(16)38-27)35-13-28(31,32)33)21-22(29)19(40-3)11-20(41-4)23(21)30/h5-8,10-12H,1,9,13H2,2-4H3,(H,35,36)(H,34,37,38). The van der Waals surface area contributed by atoms with Crippen molar-refractivity contribution in [3.63, 3.8) is 0 Å². The van der Waals surface area contributed by atoms with Gasteiger partial charge in [0.05, 0.1) is 30.0 Å². The van der Waals surface area contributed by atoms with Gasteiger partial charge in [-0.2, -0.15) is 13.2 Å². The zero-order valence-corrected chi connectivity index (χ0v) is 23.6. The van der Waals surface area contributed by atoms with E-state index in [1.165, 1.54) is 32.6 Å². The van der Waals surface area contributed by atoms with E-state index in [0.29, 0.717) is 16.6 Å². The van der Waals surface area contributed by atoms with Gasteiger partial charge in [-0.05, 0) is 30.2 Å². The van der Waals surface area contributed by atoms with Crippen molar-refractivity contribution in [2.75, 3.05) is 31.4 Å². The summed E-state index contributed by atoms with van der Waals surface area (Å²) in [5.41, 5.74) is 2.53. The number of ketones is 1. The lowest BCUT2D eigenvalue weighted by Gasteiger charge is -2.17. The van der Waals surface area contributed by atoms with Gasteiger partial charge in [0, 0.05) is 35.3 Å². The number of halogens is 5. The molecule has 0 atom stereocenters. The number of hydrogen-bond acceptors (Lipinski definition) is 8. The second kappa shape index (κ2) is 12.2. The number of alkyl halides is 3. The number of aromatic nitrogens is 3. The molecule has 41 heavy (non-hydrogen) atoms. The van der Waals surface area contributed by atoms with Gasteiger partial charge in [-0.25, -0.2) is 15.0 Å². The van der Waals surface area contributed by atoms with E-state index < -0.39 is 12.7 Å². The topological polar surface area (TPSA) is 98.3 Å². The summed E-state index contributed by atoms with van der Waals surface area (Å²) in [5, 5.41) is 5.95. The molecule has 2 aromatic heterocycles. The number of aryl methyl sites for hydroxylation is 1. The summed E-state index contributed by atoms with van der Waals surface area (Å²) in [6.45, 7) is 3.97. The van der Waals surface area contributed by atoms with Gasteiger partial charge in [-0.3, -0.25) is 4.79 Å². The molecule has 214 valence electrons. The first-order valence-corrected chi connectivity index (χ1v) is 12.8. The Hall–Kier alpha value is -4.09. The lowest BCUT2D eigenvalue weighted by Crippen LogP contribution is -2.22. The number of nitrogens with zero attached hydrogens (tertiary/aromatic N) is 3. The Balaban J connectivity index is 1.87. The molecule has 8 nitrogen and oxygen atoms in total. The van der Waals surface area contributed by atoms with Gasteiger partial charge in [-0.1, -0.05) is 48.0 Å². The Kier molecular flexibility index (Phi) is 8.89. The molecule has 0 aliphatic heterocycles. The first-order valence-electron chi connectivity index (χ1n) is 12.0. The molecule has 2 aromatic carbocycles. The van der Waals surface area contributed by atoms with Crippen LogP contribution in [-0.2, 0) is 11.2 Å². The first-order chi connectivity index (χ1) is 19.4. The number of fused-ring (bicyclic) bond motifs is 1. The average Bonchev–Trinajstić information content (AvgIpc) is 2.93. The summed E-state index contributed by atoms with van der Waals surface area (Å²) < 4.78 is 50.3. The van der Waals surface area contributed by atoms with E-state index in [2.05, 4.69) is 32.2 Å². The molecule has 0 fully saturated rings. The summed E-state index contributed by atoms with van der Waals surface area (Å²) in [7, 11) is 2.80. The van der Waals surface area contributed by atoms with Crippen LogP contribution in [0, 0.1) is 6.92 Å². The normalized spacial score (nSPS) is 11.3. The van der Waals surface area contributed by atoms with E-state index in [1.807, 2.05) is 19.1 Å². The largest absolute Gasteiger partial charge is 0.495 e. The van der Waals surface area contributed by atoms with E-state index in [4.69, 9.17) is 32.7 Å². The fraction of sp³-hybridized carbons (Fsp3) is 0.214. The number of ether oxygens (including phenoxy) is 2. The maximum absolute atomic E-state index is 13.2. The van der Waals surface area contributed by atoms with Gasteiger partial charge in [0.25, 0.3) is 0 Å². The molecular weight excluding hydrogens is 582 g/mol. The van der Waals surface area contributed by atoms with Gasteiger partial charge in [0.1, 0.15) is 23.6 Å². The van der Waals surface area contributed by atoms with Gasteiger partial charge in [0.15, 0.2) is 11.6 Å². The maximum atomic E-state index is 13.2. The number of carbonyl (C=O) groups excluding carboxylic acids is 1. The summed E-state index contributed by atoms with van der Waals surface area (Å²) >= 11 is 13.1. The second-order valence-electron chi connectivity index (χ2n) is 8.82. The SMILES string of the molecule is C=CC(=O)Cc1cccc(C)c1Nc1ncc2cc(-c3c(Cl)c(OC)cc(OC)c3Cl)nc(NCC(F)(F)F)c2n1. The molecule has 0 aliphatic rings. The van der Waals surface area contributed by atoms with Crippen LogP contribution in [0.1, 0.15) is 11.1 Å². The number of benzene rings is 2. The molecule has 0 spiro atoms. The van der Waals surface area contributed by atoms with Crippen LogP contribution in [0.5, 0.6) is 11.5 Å². The van der Waals surface area contributed by atoms with Crippen molar-refractivity contribution in [3.8, 4) is 22.8 Å².